The molecule has 3 aromatic rings. The molecule has 2 aromatic heterocycles. The second-order valence-corrected chi connectivity index (χ2v) is 6.67. The highest BCUT2D eigenvalue weighted by Gasteiger charge is 2.16. The summed E-state index contributed by atoms with van der Waals surface area (Å²) in [6.45, 7) is 0. The van der Waals surface area contributed by atoms with E-state index in [1.165, 1.54) is 18.4 Å². The number of aromatic amines is 1. The van der Waals surface area contributed by atoms with Crippen molar-refractivity contribution in [3.05, 3.63) is 59.1 Å². The van der Waals surface area contributed by atoms with E-state index in [1.807, 2.05) is 0 Å². The third-order valence-corrected chi connectivity index (χ3v) is 4.58. The number of halogens is 2. The Hall–Kier alpha value is -2.51. The number of ketones is 1. The largest absolute Gasteiger partial charge is 0.364 e. The maximum absolute atomic E-state index is 13.1. The quantitative estimate of drug-likeness (QED) is 0.408. The van der Waals surface area contributed by atoms with Crippen molar-refractivity contribution in [2.24, 2.45) is 5.73 Å². The van der Waals surface area contributed by atoms with E-state index in [1.54, 1.807) is 18.2 Å². The first-order valence-corrected chi connectivity index (χ1v) is 9.13. The molecule has 27 heavy (non-hydrogen) atoms. The molecular formula is C19H20ClFN4O2. The van der Waals surface area contributed by atoms with E-state index in [0.717, 1.165) is 24.8 Å². The number of rotatable bonds is 9. The van der Waals surface area contributed by atoms with E-state index in [2.05, 4.69) is 19.6 Å². The van der Waals surface area contributed by atoms with Crippen molar-refractivity contribution in [3.8, 4) is 11.3 Å². The average Bonchev–Trinajstić information content (AvgIpc) is 3.32. The lowest BCUT2D eigenvalue weighted by Crippen LogP contribution is -2.12. The maximum Gasteiger partial charge on any atom is 0.184 e. The second kappa shape index (κ2) is 8.92. The summed E-state index contributed by atoms with van der Waals surface area (Å²) >= 11 is 6.19. The van der Waals surface area contributed by atoms with Crippen molar-refractivity contribution in [2.45, 2.75) is 38.1 Å². The summed E-state index contributed by atoms with van der Waals surface area (Å²) in [6.07, 6.45) is 5.03. The van der Waals surface area contributed by atoms with Gasteiger partial charge in [-0.05, 0) is 37.1 Å². The van der Waals surface area contributed by atoms with Gasteiger partial charge in [0.2, 0.25) is 0 Å². The molecule has 3 rings (SSSR count). The number of imidazole rings is 1. The van der Waals surface area contributed by atoms with Crippen LogP contribution in [0.4, 0.5) is 4.39 Å². The van der Waals surface area contributed by atoms with Gasteiger partial charge < -0.3 is 15.2 Å². The summed E-state index contributed by atoms with van der Waals surface area (Å²) in [6, 6.07) is 7.28. The van der Waals surface area contributed by atoms with Crippen LogP contribution in [0.1, 0.15) is 54.5 Å². The van der Waals surface area contributed by atoms with E-state index in [9.17, 15) is 9.18 Å². The Balaban J connectivity index is 1.47. The molecule has 0 unspecified atom stereocenters. The Morgan fingerprint density at radius 2 is 2.00 bits per heavy atom. The molecular weight excluding hydrogens is 371 g/mol. The highest BCUT2D eigenvalue weighted by atomic mass is 35.5. The summed E-state index contributed by atoms with van der Waals surface area (Å²) in [5, 5.41) is 3.94. The van der Waals surface area contributed by atoms with Gasteiger partial charge in [-0.2, -0.15) is 0 Å². The fourth-order valence-corrected chi connectivity index (χ4v) is 3.05. The van der Waals surface area contributed by atoms with Crippen LogP contribution < -0.4 is 5.73 Å². The van der Waals surface area contributed by atoms with Crippen molar-refractivity contribution in [1.82, 2.24) is 15.1 Å². The molecule has 142 valence electrons. The monoisotopic (exact) mass is 390 g/mol. The minimum Gasteiger partial charge on any atom is -0.364 e. The molecule has 3 N–H and O–H groups in total. The molecule has 0 aliphatic heterocycles. The van der Waals surface area contributed by atoms with Crippen LogP contribution in [0.15, 0.2) is 41.1 Å². The zero-order valence-electron chi connectivity index (χ0n) is 14.6. The van der Waals surface area contributed by atoms with E-state index < -0.39 is 0 Å². The minimum atomic E-state index is -0.312. The molecule has 2 heterocycles. The number of H-pyrrole nitrogens is 1. The predicted octanol–water partition coefficient (Wildman–Crippen LogP) is 4.69. The van der Waals surface area contributed by atoms with Crippen molar-refractivity contribution in [2.75, 3.05) is 0 Å². The fourth-order valence-electron chi connectivity index (χ4n) is 2.80. The number of hydrogen-bond acceptors (Lipinski definition) is 5. The van der Waals surface area contributed by atoms with Crippen molar-refractivity contribution in [1.29, 1.82) is 0 Å². The Labute approximate surface area is 160 Å². The topological polar surface area (TPSA) is 97.8 Å². The SMILES string of the molecule is N[C@@H](CCCCCC(=O)c1ccon1)c1nc(Cl)c(-c2ccc(F)cc2)[nH]1. The number of nitrogens with zero attached hydrogens (tertiary/aromatic N) is 2. The number of carbonyl (C=O) groups is 1. The molecule has 0 bridgehead atoms. The van der Waals surface area contributed by atoms with Crippen LogP contribution in [0.25, 0.3) is 11.3 Å². The summed E-state index contributed by atoms with van der Waals surface area (Å²) in [7, 11) is 0. The van der Waals surface area contributed by atoms with Crippen LogP contribution in [-0.4, -0.2) is 20.9 Å². The van der Waals surface area contributed by atoms with Crippen LogP contribution in [0.3, 0.4) is 0 Å². The van der Waals surface area contributed by atoms with E-state index in [-0.39, 0.29) is 17.6 Å². The van der Waals surface area contributed by atoms with Gasteiger partial charge in [-0.15, -0.1) is 0 Å². The van der Waals surface area contributed by atoms with Gasteiger partial charge in [0.05, 0.1) is 11.7 Å². The zero-order chi connectivity index (χ0) is 19.2. The summed E-state index contributed by atoms with van der Waals surface area (Å²) in [4.78, 5) is 19.2. The number of benzene rings is 1. The normalized spacial score (nSPS) is 12.3. The Bertz CT molecular complexity index is 878. The van der Waals surface area contributed by atoms with Crippen LogP contribution in [0.2, 0.25) is 5.15 Å². The maximum atomic E-state index is 13.1. The first-order chi connectivity index (χ1) is 13.0. The predicted molar refractivity (Wildman–Crippen MR) is 99.8 cm³/mol. The van der Waals surface area contributed by atoms with Crippen LogP contribution in [0, 0.1) is 5.82 Å². The van der Waals surface area contributed by atoms with Gasteiger partial charge in [-0.25, -0.2) is 9.37 Å². The first-order valence-electron chi connectivity index (χ1n) is 8.75. The standard InChI is InChI=1S/C19H20ClFN4O2/c20-18-17(12-6-8-13(21)9-7-12)23-19(24-18)14(22)4-2-1-3-5-16(26)15-10-11-27-25-15/h6-11,14H,1-5,22H2,(H,23,24)/t14-/m0/s1. The minimum absolute atomic E-state index is 0.0187. The number of hydrogen-bond donors (Lipinski definition) is 2. The van der Waals surface area contributed by atoms with Crippen LogP contribution >= 0.6 is 11.6 Å². The smallest absolute Gasteiger partial charge is 0.184 e. The van der Waals surface area contributed by atoms with Gasteiger partial charge in [0, 0.05) is 18.1 Å². The van der Waals surface area contributed by atoms with Crippen LogP contribution in [0.5, 0.6) is 0 Å². The van der Waals surface area contributed by atoms with Crippen molar-refractivity contribution in [3.63, 3.8) is 0 Å². The van der Waals surface area contributed by atoms with E-state index in [0.29, 0.717) is 35.2 Å². The Morgan fingerprint density at radius 3 is 2.70 bits per heavy atom. The lowest BCUT2D eigenvalue weighted by molar-refractivity contribution is 0.0970. The Morgan fingerprint density at radius 1 is 1.22 bits per heavy atom. The molecule has 0 amide bonds. The lowest BCUT2D eigenvalue weighted by atomic mass is 10.1. The van der Waals surface area contributed by atoms with E-state index >= 15 is 0 Å². The van der Waals surface area contributed by atoms with Gasteiger partial charge in [0.1, 0.15) is 23.6 Å². The van der Waals surface area contributed by atoms with Crippen molar-refractivity contribution < 1.29 is 13.7 Å². The zero-order valence-corrected chi connectivity index (χ0v) is 15.4. The number of aromatic nitrogens is 3. The summed E-state index contributed by atoms with van der Waals surface area (Å²) in [5.41, 5.74) is 7.94. The van der Waals surface area contributed by atoms with Crippen LogP contribution in [-0.2, 0) is 0 Å². The molecule has 1 atom stereocenters. The molecule has 0 aliphatic rings. The molecule has 8 heteroatoms. The second-order valence-electron chi connectivity index (χ2n) is 6.31. The molecule has 6 nitrogen and oxygen atoms in total. The third-order valence-electron chi connectivity index (χ3n) is 4.30. The van der Waals surface area contributed by atoms with Gasteiger partial charge in [-0.3, -0.25) is 4.79 Å². The number of unbranched alkanes of at least 4 members (excludes halogenated alkanes) is 2. The molecule has 0 fully saturated rings. The molecule has 0 aliphatic carbocycles. The number of Topliss-reactive ketones (excluding diaryl/α,β-unsaturated/α-hetero) is 1. The van der Waals surface area contributed by atoms with Crippen molar-refractivity contribution >= 4 is 17.4 Å². The van der Waals surface area contributed by atoms with Gasteiger partial charge in [-0.1, -0.05) is 29.6 Å². The summed E-state index contributed by atoms with van der Waals surface area (Å²) in [5.74, 6) is 0.265. The molecule has 0 radical (unpaired) electrons. The fraction of sp³-hybridized carbons (Fsp3) is 0.316. The van der Waals surface area contributed by atoms with Gasteiger partial charge in [0.15, 0.2) is 10.9 Å². The molecule has 0 saturated carbocycles. The average molecular weight is 391 g/mol. The van der Waals surface area contributed by atoms with Gasteiger partial charge in [0.25, 0.3) is 0 Å². The molecule has 0 saturated heterocycles. The van der Waals surface area contributed by atoms with Gasteiger partial charge >= 0.3 is 0 Å². The molecule has 0 spiro atoms. The highest BCUT2D eigenvalue weighted by Crippen LogP contribution is 2.28. The lowest BCUT2D eigenvalue weighted by Gasteiger charge is -2.08. The first kappa shape index (κ1) is 19.3. The third kappa shape index (κ3) is 5.02. The number of nitrogens with one attached hydrogen (secondary N) is 1. The number of nitrogens with two attached hydrogens (primary N) is 1. The highest BCUT2D eigenvalue weighted by molar-refractivity contribution is 6.31. The van der Waals surface area contributed by atoms with E-state index in [4.69, 9.17) is 17.3 Å². The Kier molecular flexibility index (Phi) is 6.36. The number of carbonyl (C=O) groups excluding carboxylic acids is 1. The molecule has 1 aromatic carbocycles. The summed E-state index contributed by atoms with van der Waals surface area (Å²) < 4.78 is 17.7.